The van der Waals surface area contributed by atoms with E-state index in [2.05, 4.69) is 26.2 Å². The van der Waals surface area contributed by atoms with Crippen LogP contribution < -0.4 is 30.7 Å². The molecule has 1 aromatic heterocycles. The fourth-order valence-electron chi connectivity index (χ4n) is 5.80. The number of aliphatic hydroxyl groups excluding tert-OH is 1. The zero-order chi connectivity index (χ0) is 39.8. The molecule has 2 aliphatic rings. The van der Waals surface area contributed by atoms with E-state index in [9.17, 15) is 32.7 Å². The molecular weight excluding hydrogens is 721 g/mol. The summed E-state index contributed by atoms with van der Waals surface area (Å²) in [6.45, 7) is 7.48. The monoisotopic (exact) mass is 778 g/mol. The van der Waals surface area contributed by atoms with Gasteiger partial charge in [0, 0.05) is 33.1 Å². The van der Waals surface area contributed by atoms with E-state index in [4.69, 9.17) is 13.9 Å². The molecule has 4 rings (SSSR count). The van der Waals surface area contributed by atoms with E-state index in [1.807, 2.05) is 19.9 Å². The van der Waals surface area contributed by atoms with Crippen molar-refractivity contribution < 1.29 is 46.6 Å². The molecule has 3 atom stereocenters. The van der Waals surface area contributed by atoms with Gasteiger partial charge in [-0.25, -0.2) is 8.42 Å². The zero-order valence-electron chi connectivity index (χ0n) is 32.3. The molecule has 16 nitrogen and oxygen atoms in total. The zero-order valence-corrected chi connectivity index (χ0v) is 33.1. The first-order valence-corrected chi connectivity index (χ1v) is 20.2. The topological polar surface area (TPSA) is 209 Å². The van der Waals surface area contributed by atoms with Gasteiger partial charge in [-0.1, -0.05) is 19.9 Å². The molecule has 0 radical (unpaired) electrons. The van der Waals surface area contributed by atoms with Gasteiger partial charge in [-0.15, -0.1) is 0 Å². The molecule has 5 N–H and O–H groups in total. The van der Waals surface area contributed by atoms with Crippen molar-refractivity contribution in [2.75, 3.05) is 53.2 Å². The van der Waals surface area contributed by atoms with Gasteiger partial charge in [0.25, 0.3) is 5.91 Å². The molecule has 0 fully saturated rings. The number of carbonyl (C=O) groups excluding carboxylic acids is 4. The second-order valence-corrected chi connectivity index (χ2v) is 16.2. The molecule has 0 spiro atoms. The predicted octanol–water partition coefficient (Wildman–Crippen LogP) is 1.31. The molecule has 2 aliphatic heterocycles. The van der Waals surface area contributed by atoms with Gasteiger partial charge in [0.05, 0.1) is 32.6 Å². The SMILES string of the molecule is COc1cc2ccc1OCC(=O)NCCCN(Cc1ccc(CN(C)S(C)(=O)=O)o1)CCCCNC(=O)[C@H]([C@@H](C)O)NC(=O)[C@@H](CC(C)C)NC(=O)CC2. The van der Waals surface area contributed by atoms with Crippen LogP contribution in [0.5, 0.6) is 11.5 Å². The Bertz CT molecular complexity index is 1650. The Morgan fingerprint density at radius 3 is 2.31 bits per heavy atom. The standard InChI is InChI=1S/C37H58N6O10S/c1-25(2)20-30-36(47)41-35(26(3)44)37(48)39-16-7-8-18-43(23-29-13-12-28(53-29)22-42(4)54(6,49)50)19-9-17-38-34(46)24-52-31-14-10-27(21-32(31)51-5)11-15-33(45)40-30/h10,12-14,21,25-26,30,35,44H,7-9,11,15-20,22-24H2,1-6H3,(H,38,46)(H,39,48)(H,40,45)(H,41,47)/t26-,30-,35+/m1/s1. The van der Waals surface area contributed by atoms with Gasteiger partial charge in [-0.2, -0.15) is 4.31 Å². The van der Waals surface area contributed by atoms with Gasteiger partial charge >= 0.3 is 0 Å². The van der Waals surface area contributed by atoms with Crippen LogP contribution in [0.15, 0.2) is 34.7 Å². The summed E-state index contributed by atoms with van der Waals surface area (Å²) in [4.78, 5) is 54.3. The van der Waals surface area contributed by atoms with Crippen molar-refractivity contribution in [1.82, 2.24) is 30.5 Å². The number of hydrogen-bond acceptors (Lipinski definition) is 11. The van der Waals surface area contributed by atoms with Gasteiger partial charge in [0.2, 0.25) is 27.7 Å². The Morgan fingerprint density at radius 1 is 0.926 bits per heavy atom. The molecule has 302 valence electrons. The third kappa shape index (κ3) is 15.3. The number of sulfonamides is 1. The van der Waals surface area contributed by atoms with E-state index < -0.39 is 40.0 Å². The van der Waals surface area contributed by atoms with Crippen LogP contribution in [0.25, 0.3) is 0 Å². The third-order valence-corrected chi connectivity index (χ3v) is 10.1. The van der Waals surface area contributed by atoms with Crippen LogP contribution in [0, 0.1) is 5.92 Å². The Balaban J connectivity index is 1.76. The fraction of sp³-hybridized carbons (Fsp3) is 0.622. The number of rotatable bonds is 9. The number of hydrogen-bond donors (Lipinski definition) is 5. The highest BCUT2D eigenvalue weighted by molar-refractivity contribution is 7.88. The average molecular weight is 779 g/mol. The molecule has 2 bridgehead atoms. The van der Waals surface area contributed by atoms with Crippen molar-refractivity contribution in [3.8, 4) is 11.5 Å². The number of aliphatic hydroxyl groups is 1. The molecule has 0 saturated carbocycles. The molecule has 1 aromatic carbocycles. The quantitative estimate of drug-likeness (QED) is 0.229. The van der Waals surface area contributed by atoms with Crippen LogP contribution >= 0.6 is 0 Å². The number of amides is 4. The lowest BCUT2D eigenvalue weighted by molar-refractivity contribution is -0.134. The number of aryl methyl sites for hydroxylation is 1. The number of methoxy groups -OCH3 is 1. The minimum Gasteiger partial charge on any atom is -0.493 e. The van der Waals surface area contributed by atoms with Crippen LogP contribution in [-0.2, 0) is 48.7 Å². The van der Waals surface area contributed by atoms with Crippen molar-refractivity contribution in [3.05, 3.63) is 47.4 Å². The summed E-state index contributed by atoms with van der Waals surface area (Å²) in [6.07, 6.45) is 2.58. The molecule has 4 amide bonds. The Labute approximate surface area is 318 Å². The molecule has 3 heterocycles. The summed E-state index contributed by atoms with van der Waals surface area (Å²) in [5, 5.41) is 21.6. The van der Waals surface area contributed by atoms with Gasteiger partial charge < -0.3 is 40.3 Å². The molecule has 0 saturated heterocycles. The number of fused-ring (bicyclic) bond motifs is 23. The summed E-state index contributed by atoms with van der Waals surface area (Å²) >= 11 is 0. The molecule has 2 aromatic rings. The lowest BCUT2D eigenvalue weighted by Gasteiger charge is -2.26. The van der Waals surface area contributed by atoms with Gasteiger partial charge in [0.15, 0.2) is 18.1 Å². The van der Waals surface area contributed by atoms with Crippen molar-refractivity contribution in [2.24, 2.45) is 5.92 Å². The molecule has 17 heteroatoms. The molecule has 0 unspecified atom stereocenters. The van der Waals surface area contributed by atoms with Crippen molar-refractivity contribution in [3.63, 3.8) is 0 Å². The number of nitrogens with zero attached hydrogens (tertiary/aromatic N) is 2. The number of nitrogens with one attached hydrogen (secondary N) is 4. The van der Waals surface area contributed by atoms with Gasteiger partial charge in [0.1, 0.15) is 23.6 Å². The third-order valence-electron chi connectivity index (χ3n) is 8.86. The first-order valence-electron chi connectivity index (χ1n) is 18.4. The van der Waals surface area contributed by atoms with Crippen molar-refractivity contribution in [1.29, 1.82) is 0 Å². The maximum absolute atomic E-state index is 13.4. The van der Waals surface area contributed by atoms with Crippen LogP contribution in [0.1, 0.15) is 70.0 Å². The first-order chi connectivity index (χ1) is 25.5. The van der Waals surface area contributed by atoms with Crippen molar-refractivity contribution in [2.45, 2.75) is 90.6 Å². The van der Waals surface area contributed by atoms with Gasteiger partial charge in [-0.05, 0) is 81.3 Å². The van der Waals surface area contributed by atoms with Crippen molar-refractivity contribution >= 4 is 33.7 Å². The summed E-state index contributed by atoms with van der Waals surface area (Å²) in [6, 6.07) is 6.60. The smallest absolute Gasteiger partial charge is 0.257 e. The Kier molecular flexibility index (Phi) is 17.7. The van der Waals surface area contributed by atoms with Crippen LogP contribution in [-0.4, -0.2) is 118 Å². The van der Waals surface area contributed by atoms with Crippen LogP contribution in [0.3, 0.4) is 0 Å². The number of carbonyl (C=O) groups is 4. The summed E-state index contributed by atoms with van der Waals surface area (Å²) in [5.74, 6) is 0.233. The Hall–Kier alpha value is -4.19. The summed E-state index contributed by atoms with van der Waals surface area (Å²) in [7, 11) is -0.415. The highest BCUT2D eigenvalue weighted by Gasteiger charge is 2.30. The second-order valence-electron chi connectivity index (χ2n) is 14.1. The highest BCUT2D eigenvalue weighted by Crippen LogP contribution is 2.28. The number of benzene rings is 1. The number of furan rings is 1. The van der Waals surface area contributed by atoms with E-state index in [1.165, 1.54) is 25.4 Å². The normalized spacial score (nSPS) is 20.5. The Morgan fingerprint density at radius 2 is 1.63 bits per heavy atom. The van der Waals surface area contributed by atoms with Crippen LogP contribution in [0.4, 0.5) is 0 Å². The maximum atomic E-state index is 13.4. The lowest BCUT2D eigenvalue weighted by atomic mass is 10.0. The average Bonchev–Trinajstić information content (AvgIpc) is 3.55. The van der Waals surface area contributed by atoms with Crippen LogP contribution in [0.2, 0.25) is 0 Å². The molecular formula is C37H58N6O10S. The highest BCUT2D eigenvalue weighted by atomic mass is 32.2. The summed E-state index contributed by atoms with van der Waals surface area (Å²) in [5.41, 5.74) is 0.785. The van der Waals surface area contributed by atoms with E-state index in [0.717, 1.165) is 11.8 Å². The van der Waals surface area contributed by atoms with E-state index in [-0.39, 0.29) is 37.3 Å². The minimum absolute atomic E-state index is 0.0510. The summed E-state index contributed by atoms with van der Waals surface area (Å²) < 4.78 is 42.1. The predicted molar refractivity (Wildman–Crippen MR) is 202 cm³/mol. The van der Waals surface area contributed by atoms with E-state index in [0.29, 0.717) is 87.8 Å². The minimum atomic E-state index is -3.38. The van der Waals surface area contributed by atoms with Gasteiger partial charge in [-0.3, -0.25) is 24.1 Å². The van der Waals surface area contributed by atoms with E-state index in [1.54, 1.807) is 24.3 Å². The fourth-order valence-corrected chi connectivity index (χ4v) is 6.16. The molecule has 0 aliphatic carbocycles. The lowest BCUT2D eigenvalue weighted by Crippen LogP contribution is -2.57. The van der Waals surface area contributed by atoms with E-state index >= 15 is 0 Å². The largest absolute Gasteiger partial charge is 0.493 e. The first kappa shape index (κ1) is 44.2. The molecule has 54 heavy (non-hydrogen) atoms. The number of ether oxygens (including phenoxy) is 2. The second kappa shape index (κ2) is 21.6. The maximum Gasteiger partial charge on any atom is 0.257 e.